The molecule has 0 radical (unpaired) electrons. The van der Waals surface area contributed by atoms with Gasteiger partial charge < -0.3 is 5.32 Å². The molecule has 3 rings (SSSR count). The van der Waals surface area contributed by atoms with E-state index in [9.17, 15) is 0 Å². The van der Waals surface area contributed by atoms with Crippen LogP contribution in [-0.2, 0) is 6.54 Å². The molecule has 1 atom stereocenters. The van der Waals surface area contributed by atoms with Crippen LogP contribution in [0.15, 0.2) is 3.58 Å². The lowest BCUT2D eigenvalue weighted by molar-refractivity contribution is 0.233. The van der Waals surface area contributed by atoms with Crippen molar-refractivity contribution in [1.29, 1.82) is 0 Å². The smallest absolute Gasteiger partial charge is 0.108 e. The van der Waals surface area contributed by atoms with Crippen LogP contribution in [0.25, 0.3) is 6.08 Å². The number of halogens is 1. The predicted molar refractivity (Wildman–Crippen MR) is 85.3 cm³/mol. The third-order valence-electron chi connectivity index (χ3n) is 3.54. The van der Waals surface area contributed by atoms with Crippen molar-refractivity contribution in [3.63, 3.8) is 0 Å². The Balaban J connectivity index is 1.76. The van der Waals surface area contributed by atoms with Gasteiger partial charge in [-0.25, -0.2) is 4.98 Å². The summed E-state index contributed by atoms with van der Waals surface area (Å²) in [6.07, 6.45) is 3.44. The van der Waals surface area contributed by atoms with Gasteiger partial charge in [0.25, 0.3) is 0 Å². The molecule has 0 spiro atoms. The van der Waals surface area contributed by atoms with Crippen LogP contribution in [0.3, 0.4) is 0 Å². The van der Waals surface area contributed by atoms with Crippen LogP contribution in [0, 0.1) is 0 Å². The molecule has 1 N–H and O–H groups in total. The highest BCUT2D eigenvalue weighted by Crippen LogP contribution is 2.39. The zero-order valence-corrected chi connectivity index (χ0v) is 13.6. The van der Waals surface area contributed by atoms with Crippen molar-refractivity contribution in [2.45, 2.75) is 25.8 Å². The first kappa shape index (κ1) is 13.0. The quantitative estimate of drug-likeness (QED) is 0.806. The summed E-state index contributed by atoms with van der Waals surface area (Å²) in [6.45, 7) is 7.85. The lowest BCUT2D eigenvalue weighted by atomic mass is 9.99. The molecule has 5 heteroatoms. The van der Waals surface area contributed by atoms with Gasteiger partial charge in [0.05, 0.1) is 12.2 Å². The summed E-state index contributed by atoms with van der Waals surface area (Å²) in [5, 5.41) is 4.68. The zero-order chi connectivity index (χ0) is 12.5. The van der Waals surface area contributed by atoms with Gasteiger partial charge in [0.15, 0.2) is 0 Å². The van der Waals surface area contributed by atoms with Gasteiger partial charge in [-0.3, -0.25) is 4.90 Å². The Bertz CT molecular complexity index is 463. The Morgan fingerprint density at radius 1 is 1.50 bits per heavy atom. The van der Waals surface area contributed by atoms with E-state index in [1.54, 1.807) is 0 Å². The van der Waals surface area contributed by atoms with E-state index in [0.29, 0.717) is 5.92 Å². The maximum absolute atomic E-state index is 4.82. The highest BCUT2D eigenvalue weighted by molar-refractivity contribution is 14.1. The van der Waals surface area contributed by atoms with Crippen LogP contribution in [0.4, 0.5) is 0 Å². The summed E-state index contributed by atoms with van der Waals surface area (Å²) >= 11 is 4.36. The van der Waals surface area contributed by atoms with E-state index in [1.807, 2.05) is 11.3 Å². The van der Waals surface area contributed by atoms with Crippen LogP contribution in [0.1, 0.15) is 34.8 Å². The molecule has 1 aromatic rings. The number of rotatable bonds is 2. The van der Waals surface area contributed by atoms with Gasteiger partial charge in [0.1, 0.15) is 5.01 Å². The fourth-order valence-electron chi connectivity index (χ4n) is 2.57. The molecule has 1 unspecified atom stereocenters. The monoisotopic (exact) mass is 375 g/mol. The average Bonchev–Trinajstić information content (AvgIpc) is 2.73. The highest BCUT2D eigenvalue weighted by Gasteiger charge is 2.22. The molecule has 0 amide bonds. The molecular weight excluding hydrogens is 357 g/mol. The molecule has 1 aliphatic carbocycles. The lowest BCUT2D eigenvalue weighted by Gasteiger charge is -2.26. The van der Waals surface area contributed by atoms with Crippen LogP contribution in [0.2, 0.25) is 0 Å². The van der Waals surface area contributed by atoms with Gasteiger partial charge in [-0.1, -0.05) is 6.92 Å². The molecule has 98 valence electrons. The van der Waals surface area contributed by atoms with Crippen molar-refractivity contribution in [2.24, 2.45) is 0 Å². The van der Waals surface area contributed by atoms with Crippen molar-refractivity contribution in [1.82, 2.24) is 15.2 Å². The number of hydrogen-bond donors (Lipinski definition) is 1. The Kier molecular flexibility index (Phi) is 4.03. The third-order valence-corrected chi connectivity index (χ3v) is 5.58. The molecule has 2 aliphatic rings. The summed E-state index contributed by atoms with van der Waals surface area (Å²) < 4.78 is 1.44. The van der Waals surface area contributed by atoms with Crippen molar-refractivity contribution in [2.75, 3.05) is 26.2 Å². The van der Waals surface area contributed by atoms with Crippen LogP contribution in [-0.4, -0.2) is 36.1 Å². The summed E-state index contributed by atoms with van der Waals surface area (Å²) in [5.74, 6) is 0.645. The minimum Gasteiger partial charge on any atom is -0.314 e. The number of hydrogen-bond acceptors (Lipinski definition) is 4. The van der Waals surface area contributed by atoms with Gasteiger partial charge in [-0.05, 0) is 44.6 Å². The lowest BCUT2D eigenvalue weighted by Crippen LogP contribution is -2.42. The number of allylic oxidation sites excluding steroid dienone is 1. The van der Waals surface area contributed by atoms with Crippen molar-refractivity contribution >= 4 is 40.0 Å². The molecule has 1 aromatic heterocycles. The van der Waals surface area contributed by atoms with E-state index in [1.165, 1.54) is 25.6 Å². The Morgan fingerprint density at radius 3 is 3.06 bits per heavy atom. The second-order valence-electron chi connectivity index (χ2n) is 5.08. The first-order valence-corrected chi connectivity index (χ1v) is 8.40. The number of nitrogens with zero attached hydrogens (tertiary/aromatic N) is 2. The van der Waals surface area contributed by atoms with Crippen molar-refractivity contribution in [3.8, 4) is 0 Å². The number of aromatic nitrogens is 1. The predicted octanol–water partition coefficient (Wildman–Crippen LogP) is 2.83. The van der Waals surface area contributed by atoms with E-state index in [-0.39, 0.29) is 0 Å². The largest absolute Gasteiger partial charge is 0.314 e. The zero-order valence-electron chi connectivity index (χ0n) is 10.6. The second kappa shape index (κ2) is 5.56. The fourth-order valence-corrected chi connectivity index (χ4v) is 4.66. The fraction of sp³-hybridized carbons (Fsp3) is 0.615. The average molecular weight is 375 g/mol. The first-order chi connectivity index (χ1) is 8.72. The van der Waals surface area contributed by atoms with Gasteiger partial charge >= 0.3 is 0 Å². The molecular formula is C13H18IN3S. The molecule has 18 heavy (non-hydrogen) atoms. The van der Waals surface area contributed by atoms with Crippen LogP contribution in [0.5, 0.6) is 0 Å². The topological polar surface area (TPSA) is 28.2 Å². The molecule has 1 fully saturated rings. The number of thiazole rings is 1. The van der Waals surface area contributed by atoms with Crippen molar-refractivity contribution in [3.05, 3.63) is 19.2 Å². The molecule has 1 aliphatic heterocycles. The summed E-state index contributed by atoms with van der Waals surface area (Å²) in [5.41, 5.74) is 1.23. The van der Waals surface area contributed by atoms with E-state index < -0.39 is 0 Å². The van der Waals surface area contributed by atoms with Gasteiger partial charge in [0, 0.05) is 31.1 Å². The SMILES string of the molecule is CC1CC(I)=Cc2nc(CN3CCNCC3)sc21. The minimum atomic E-state index is 0.645. The number of fused-ring (bicyclic) bond motifs is 1. The minimum absolute atomic E-state index is 0.645. The molecule has 0 aromatic carbocycles. The molecule has 1 saturated heterocycles. The molecule has 0 bridgehead atoms. The first-order valence-electron chi connectivity index (χ1n) is 6.51. The normalized spacial score (nSPS) is 24.8. The van der Waals surface area contributed by atoms with E-state index in [2.05, 4.69) is 45.8 Å². The molecule has 3 nitrogen and oxygen atoms in total. The number of nitrogens with one attached hydrogen (secondary N) is 1. The Hall–Kier alpha value is 0.0200. The van der Waals surface area contributed by atoms with Gasteiger partial charge in [-0.15, -0.1) is 11.3 Å². The molecule has 0 saturated carbocycles. The summed E-state index contributed by atoms with van der Waals surface area (Å²) in [4.78, 5) is 8.81. The maximum Gasteiger partial charge on any atom is 0.108 e. The van der Waals surface area contributed by atoms with Crippen LogP contribution >= 0.6 is 33.9 Å². The van der Waals surface area contributed by atoms with Crippen molar-refractivity contribution < 1.29 is 0 Å². The number of piperazine rings is 1. The third kappa shape index (κ3) is 2.79. The maximum atomic E-state index is 4.82. The Labute approximate surface area is 126 Å². The van der Waals surface area contributed by atoms with Crippen LogP contribution < -0.4 is 5.32 Å². The van der Waals surface area contributed by atoms with Gasteiger partial charge in [0.2, 0.25) is 0 Å². The standard InChI is InChI=1S/C13H18IN3S/c1-9-6-10(14)7-11-13(9)18-12(16-11)8-17-4-2-15-3-5-17/h7,9,15H,2-6,8H2,1H3. The van der Waals surface area contributed by atoms with Gasteiger partial charge in [-0.2, -0.15) is 0 Å². The summed E-state index contributed by atoms with van der Waals surface area (Å²) in [6, 6.07) is 0. The highest BCUT2D eigenvalue weighted by atomic mass is 127. The van der Waals surface area contributed by atoms with E-state index in [0.717, 1.165) is 32.7 Å². The molecule has 2 heterocycles. The summed E-state index contributed by atoms with van der Waals surface area (Å²) in [7, 11) is 0. The Morgan fingerprint density at radius 2 is 2.28 bits per heavy atom. The van der Waals surface area contributed by atoms with E-state index in [4.69, 9.17) is 4.98 Å². The van der Waals surface area contributed by atoms with E-state index >= 15 is 0 Å². The second-order valence-corrected chi connectivity index (χ2v) is 7.58.